The Kier molecular flexibility index (Phi) is 6.26. The average molecular weight is 212 g/mol. The molecule has 0 spiro atoms. The zero-order chi connectivity index (χ0) is 11.1. The second-order valence-corrected chi connectivity index (χ2v) is 4.96. The van der Waals surface area contributed by atoms with Crippen LogP contribution in [-0.2, 0) is 0 Å². The molecule has 0 aromatic rings. The maximum atomic E-state index is 3.58. The molecule has 1 unspecified atom stereocenters. The Balaban J connectivity index is 2.29. The first-order valence-electron chi connectivity index (χ1n) is 6.71. The molecule has 2 nitrogen and oxygen atoms in total. The Morgan fingerprint density at radius 1 is 1.27 bits per heavy atom. The number of hydrogen-bond acceptors (Lipinski definition) is 2. The average Bonchev–Trinajstić information content (AvgIpc) is 2.70. The van der Waals surface area contributed by atoms with Gasteiger partial charge in [0.2, 0.25) is 0 Å². The first-order chi connectivity index (χ1) is 7.27. The number of likely N-dealkylation sites (N-methyl/N-ethyl adjacent to an activating group) is 1. The highest BCUT2D eigenvalue weighted by Crippen LogP contribution is 2.14. The van der Waals surface area contributed by atoms with Crippen molar-refractivity contribution >= 4 is 0 Å². The SMILES string of the molecule is CCCC(CCC)N(C)CC1CCCN1. The third-order valence-electron chi connectivity index (χ3n) is 3.54. The van der Waals surface area contributed by atoms with Gasteiger partial charge < -0.3 is 10.2 Å². The summed E-state index contributed by atoms with van der Waals surface area (Å²) in [6.45, 7) is 7.06. The number of nitrogens with one attached hydrogen (secondary N) is 1. The lowest BCUT2D eigenvalue weighted by Crippen LogP contribution is -2.41. The third-order valence-corrected chi connectivity index (χ3v) is 3.54. The highest BCUT2D eigenvalue weighted by atomic mass is 15.2. The van der Waals surface area contributed by atoms with Gasteiger partial charge in [0, 0.05) is 18.6 Å². The lowest BCUT2D eigenvalue weighted by molar-refractivity contribution is 0.199. The topological polar surface area (TPSA) is 15.3 Å². The standard InChI is InChI=1S/C13H28N2/c1-4-7-13(8-5-2)15(3)11-12-9-6-10-14-12/h12-14H,4-11H2,1-3H3. The Morgan fingerprint density at radius 3 is 2.40 bits per heavy atom. The lowest BCUT2D eigenvalue weighted by Gasteiger charge is -2.30. The highest BCUT2D eigenvalue weighted by Gasteiger charge is 2.19. The molecular formula is C13H28N2. The van der Waals surface area contributed by atoms with E-state index in [4.69, 9.17) is 0 Å². The third kappa shape index (κ3) is 4.52. The summed E-state index contributed by atoms with van der Waals surface area (Å²) in [4.78, 5) is 2.58. The van der Waals surface area contributed by atoms with E-state index >= 15 is 0 Å². The minimum atomic E-state index is 0.756. The number of rotatable bonds is 7. The summed E-state index contributed by atoms with van der Waals surface area (Å²) >= 11 is 0. The Bertz CT molecular complexity index is 147. The van der Waals surface area contributed by atoms with Crippen molar-refractivity contribution in [1.82, 2.24) is 10.2 Å². The fraction of sp³-hybridized carbons (Fsp3) is 1.00. The van der Waals surface area contributed by atoms with Crippen LogP contribution in [0.2, 0.25) is 0 Å². The molecule has 90 valence electrons. The molecule has 0 aromatic heterocycles. The van der Waals surface area contributed by atoms with E-state index < -0.39 is 0 Å². The molecule has 1 N–H and O–H groups in total. The van der Waals surface area contributed by atoms with Crippen LogP contribution in [0.5, 0.6) is 0 Å². The van der Waals surface area contributed by atoms with Crippen molar-refractivity contribution in [3.63, 3.8) is 0 Å². The van der Waals surface area contributed by atoms with E-state index in [1.807, 2.05) is 0 Å². The Hall–Kier alpha value is -0.0800. The largest absolute Gasteiger partial charge is 0.313 e. The van der Waals surface area contributed by atoms with Crippen LogP contribution in [0.25, 0.3) is 0 Å². The van der Waals surface area contributed by atoms with Crippen molar-refractivity contribution in [1.29, 1.82) is 0 Å². The molecule has 0 aliphatic carbocycles. The van der Waals surface area contributed by atoms with Gasteiger partial charge >= 0.3 is 0 Å². The molecule has 0 radical (unpaired) electrons. The van der Waals surface area contributed by atoms with Crippen molar-refractivity contribution in [2.24, 2.45) is 0 Å². The molecular weight excluding hydrogens is 184 g/mol. The van der Waals surface area contributed by atoms with E-state index in [2.05, 4.69) is 31.1 Å². The smallest absolute Gasteiger partial charge is 0.0195 e. The summed E-state index contributed by atoms with van der Waals surface area (Å²) in [6, 6.07) is 1.56. The van der Waals surface area contributed by atoms with Crippen LogP contribution >= 0.6 is 0 Å². The monoisotopic (exact) mass is 212 g/mol. The van der Waals surface area contributed by atoms with Crippen molar-refractivity contribution in [2.75, 3.05) is 20.1 Å². The Morgan fingerprint density at radius 2 is 1.93 bits per heavy atom. The predicted molar refractivity (Wildman–Crippen MR) is 67.3 cm³/mol. The van der Waals surface area contributed by atoms with Crippen LogP contribution < -0.4 is 5.32 Å². The van der Waals surface area contributed by atoms with Crippen LogP contribution in [-0.4, -0.2) is 37.1 Å². The van der Waals surface area contributed by atoms with Gasteiger partial charge in [-0.25, -0.2) is 0 Å². The molecule has 0 bridgehead atoms. The molecule has 1 saturated heterocycles. The fourth-order valence-electron chi connectivity index (χ4n) is 2.66. The molecule has 1 heterocycles. The van der Waals surface area contributed by atoms with Crippen LogP contribution in [0.3, 0.4) is 0 Å². The molecule has 1 aliphatic heterocycles. The summed E-state index contributed by atoms with van der Waals surface area (Å²) in [5.74, 6) is 0. The van der Waals surface area contributed by atoms with Crippen molar-refractivity contribution in [3.8, 4) is 0 Å². The quantitative estimate of drug-likeness (QED) is 0.698. The normalized spacial score (nSPS) is 21.8. The van der Waals surface area contributed by atoms with E-state index in [-0.39, 0.29) is 0 Å². The van der Waals surface area contributed by atoms with Crippen LogP contribution in [0.15, 0.2) is 0 Å². The molecule has 1 rings (SSSR count). The second-order valence-electron chi connectivity index (χ2n) is 4.96. The van der Waals surface area contributed by atoms with Gasteiger partial charge in [0.25, 0.3) is 0 Å². The molecule has 0 amide bonds. The van der Waals surface area contributed by atoms with Gasteiger partial charge in [-0.3, -0.25) is 0 Å². The summed E-state index contributed by atoms with van der Waals surface area (Å²) in [6.07, 6.45) is 8.08. The van der Waals surface area contributed by atoms with Gasteiger partial charge in [0.1, 0.15) is 0 Å². The summed E-state index contributed by atoms with van der Waals surface area (Å²) < 4.78 is 0. The van der Waals surface area contributed by atoms with Gasteiger partial charge in [0.05, 0.1) is 0 Å². The van der Waals surface area contributed by atoms with Gasteiger partial charge in [0.15, 0.2) is 0 Å². The van der Waals surface area contributed by atoms with Gasteiger partial charge in [-0.2, -0.15) is 0 Å². The number of nitrogens with zero attached hydrogens (tertiary/aromatic N) is 1. The summed E-state index contributed by atoms with van der Waals surface area (Å²) in [5, 5.41) is 3.58. The maximum absolute atomic E-state index is 3.58. The van der Waals surface area contributed by atoms with E-state index in [1.54, 1.807) is 0 Å². The Labute approximate surface area is 95.4 Å². The summed E-state index contributed by atoms with van der Waals surface area (Å²) in [5.41, 5.74) is 0. The molecule has 1 atom stereocenters. The molecule has 1 fully saturated rings. The van der Waals surface area contributed by atoms with Crippen molar-refractivity contribution in [2.45, 2.75) is 64.5 Å². The number of hydrogen-bond donors (Lipinski definition) is 1. The van der Waals surface area contributed by atoms with Crippen LogP contribution in [0.1, 0.15) is 52.4 Å². The zero-order valence-corrected chi connectivity index (χ0v) is 10.8. The molecule has 0 aromatic carbocycles. The highest BCUT2D eigenvalue weighted by molar-refractivity contribution is 4.79. The second kappa shape index (κ2) is 7.24. The summed E-state index contributed by atoms with van der Waals surface area (Å²) in [7, 11) is 2.30. The van der Waals surface area contributed by atoms with Crippen LogP contribution in [0, 0.1) is 0 Å². The van der Waals surface area contributed by atoms with Crippen molar-refractivity contribution in [3.05, 3.63) is 0 Å². The minimum absolute atomic E-state index is 0.756. The first kappa shape index (κ1) is 13.0. The van der Waals surface area contributed by atoms with Gasteiger partial charge in [-0.05, 0) is 39.3 Å². The molecule has 0 saturated carbocycles. The predicted octanol–water partition coefficient (Wildman–Crippen LogP) is 2.64. The van der Waals surface area contributed by atoms with Gasteiger partial charge in [-0.1, -0.05) is 26.7 Å². The minimum Gasteiger partial charge on any atom is -0.313 e. The fourth-order valence-corrected chi connectivity index (χ4v) is 2.66. The zero-order valence-electron chi connectivity index (χ0n) is 10.8. The van der Waals surface area contributed by atoms with Crippen molar-refractivity contribution < 1.29 is 0 Å². The van der Waals surface area contributed by atoms with Gasteiger partial charge in [-0.15, -0.1) is 0 Å². The van der Waals surface area contributed by atoms with Crippen LogP contribution in [0.4, 0.5) is 0 Å². The van der Waals surface area contributed by atoms with E-state index in [0.717, 1.165) is 12.1 Å². The van der Waals surface area contributed by atoms with E-state index in [0.29, 0.717) is 0 Å². The molecule has 15 heavy (non-hydrogen) atoms. The first-order valence-corrected chi connectivity index (χ1v) is 6.71. The van der Waals surface area contributed by atoms with E-state index in [1.165, 1.54) is 51.6 Å². The lowest BCUT2D eigenvalue weighted by atomic mass is 10.0. The maximum Gasteiger partial charge on any atom is 0.0195 e. The van der Waals surface area contributed by atoms with E-state index in [9.17, 15) is 0 Å². The molecule has 2 heteroatoms. The molecule has 1 aliphatic rings.